The highest BCUT2D eigenvalue weighted by Crippen LogP contribution is 1.87. The summed E-state index contributed by atoms with van der Waals surface area (Å²) in [7, 11) is 0. The minimum atomic E-state index is -1.95. The van der Waals surface area contributed by atoms with Gasteiger partial charge in [-0.05, 0) is 6.92 Å². The van der Waals surface area contributed by atoms with E-state index in [1.54, 1.807) is 0 Å². The van der Waals surface area contributed by atoms with Crippen molar-refractivity contribution in [2.24, 2.45) is 0 Å². The summed E-state index contributed by atoms with van der Waals surface area (Å²) in [6.07, 6.45) is -1.95. The molecule has 5 nitrogen and oxygen atoms in total. The first-order valence-corrected chi connectivity index (χ1v) is 2.63. The summed E-state index contributed by atoms with van der Waals surface area (Å²) in [5.74, 6) is -3.58. The number of hydrogen-bond acceptors (Lipinski definition) is 5. The molecule has 0 atom stereocenters. The fourth-order valence-corrected chi connectivity index (χ4v) is 0.399. The van der Waals surface area contributed by atoms with E-state index in [9.17, 15) is 19.8 Å². The fraction of sp³-hybridized carbons (Fsp3) is 0.600. The van der Waals surface area contributed by atoms with Gasteiger partial charge in [0, 0.05) is 6.61 Å². The second-order valence-corrected chi connectivity index (χ2v) is 1.47. The lowest BCUT2D eigenvalue weighted by Gasteiger charge is -2.17. The van der Waals surface area contributed by atoms with Crippen molar-refractivity contribution in [1.29, 1.82) is 0 Å². The molecule has 58 valence electrons. The molecule has 0 heterocycles. The largest absolute Gasteiger partial charge is 0.547 e. The fourth-order valence-electron chi connectivity index (χ4n) is 0.399. The van der Waals surface area contributed by atoms with Gasteiger partial charge in [-0.1, -0.05) is 0 Å². The number of carboxylic acid groups (broad SMARTS) is 2. The molecule has 0 aliphatic rings. The van der Waals surface area contributed by atoms with Gasteiger partial charge in [-0.15, -0.1) is 0 Å². The van der Waals surface area contributed by atoms with Crippen molar-refractivity contribution in [2.45, 2.75) is 13.0 Å². The van der Waals surface area contributed by atoms with Crippen LogP contribution in [0.3, 0.4) is 0 Å². The number of carbonyl (C=O) groups excluding carboxylic acids is 2. The van der Waals surface area contributed by atoms with Gasteiger partial charge in [-0.3, -0.25) is 0 Å². The van der Waals surface area contributed by atoms with Gasteiger partial charge < -0.3 is 24.5 Å². The maximum Gasteiger partial charge on any atom is 0.136 e. The predicted molar refractivity (Wildman–Crippen MR) is 25.4 cm³/mol. The molecule has 0 spiro atoms. The topological polar surface area (TPSA) is 89.5 Å². The molecule has 5 heteroatoms. The van der Waals surface area contributed by atoms with Crippen molar-refractivity contribution in [3.63, 3.8) is 0 Å². The van der Waals surface area contributed by atoms with Crippen molar-refractivity contribution < 1.29 is 24.5 Å². The van der Waals surface area contributed by atoms with Gasteiger partial charge in [0.1, 0.15) is 6.10 Å². The molecule has 0 radical (unpaired) electrons. The Morgan fingerprint density at radius 3 is 1.90 bits per heavy atom. The zero-order valence-corrected chi connectivity index (χ0v) is 5.33. The van der Waals surface area contributed by atoms with Gasteiger partial charge in [0.05, 0.1) is 11.9 Å². The molecule has 0 rings (SSSR count). The molecule has 0 saturated heterocycles. The lowest BCUT2D eigenvalue weighted by molar-refractivity contribution is -0.338. The van der Waals surface area contributed by atoms with Gasteiger partial charge in [-0.25, -0.2) is 0 Å². The Bertz CT molecular complexity index is 127. The van der Waals surface area contributed by atoms with E-state index in [1.165, 1.54) is 6.92 Å². The molecule has 0 aromatic rings. The van der Waals surface area contributed by atoms with E-state index in [-0.39, 0.29) is 6.61 Å². The molecule has 0 aliphatic heterocycles. The Morgan fingerprint density at radius 1 is 1.40 bits per heavy atom. The van der Waals surface area contributed by atoms with Crippen LogP contribution in [0.15, 0.2) is 0 Å². The molecule has 10 heavy (non-hydrogen) atoms. The zero-order valence-electron chi connectivity index (χ0n) is 5.33. The highest BCUT2D eigenvalue weighted by molar-refractivity contribution is 5.93. The van der Waals surface area contributed by atoms with Crippen molar-refractivity contribution in [3.8, 4) is 0 Å². The number of aliphatic carboxylic acids is 2. The van der Waals surface area contributed by atoms with Crippen LogP contribution in [0.4, 0.5) is 0 Å². The number of rotatable bonds is 4. The zero-order chi connectivity index (χ0) is 8.15. The molecular weight excluding hydrogens is 140 g/mol. The molecule has 0 aliphatic carbocycles. The van der Waals surface area contributed by atoms with Crippen LogP contribution in [0.1, 0.15) is 6.92 Å². The van der Waals surface area contributed by atoms with Crippen LogP contribution in [0, 0.1) is 0 Å². The third kappa shape index (κ3) is 2.45. The lowest BCUT2D eigenvalue weighted by Crippen LogP contribution is -2.49. The second-order valence-electron chi connectivity index (χ2n) is 1.47. The first-order valence-electron chi connectivity index (χ1n) is 2.63. The van der Waals surface area contributed by atoms with Gasteiger partial charge in [-0.2, -0.15) is 0 Å². The third-order valence-corrected chi connectivity index (χ3v) is 0.761. The standard InChI is InChI=1S/C5H8O5/c1-2-10-3(4(6)7)5(8)9/h3H,2H2,1H3,(H,6,7)(H,8,9)/p-2. The first-order chi connectivity index (χ1) is 4.59. The van der Waals surface area contributed by atoms with E-state index in [1.807, 2.05) is 0 Å². The quantitative estimate of drug-likeness (QED) is 0.391. The molecule has 0 aromatic carbocycles. The summed E-state index contributed by atoms with van der Waals surface area (Å²) in [6.45, 7) is 1.46. The van der Waals surface area contributed by atoms with Crippen molar-refractivity contribution in [2.75, 3.05) is 6.61 Å². The number of carboxylic acids is 2. The van der Waals surface area contributed by atoms with Crippen LogP contribution >= 0.6 is 0 Å². The Morgan fingerprint density at radius 2 is 1.80 bits per heavy atom. The predicted octanol–water partition coefficient (Wildman–Crippen LogP) is -3.11. The Hall–Kier alpha value is -1.10. The van der Waals surface area contributed by atoms with E-state index in [0.717, 1.165) is 0 Å². The van der Waals surface area contributed by atoms with E-state index < -0.39 is 18.0 Å². The molecular formula is C5H6O5-2. The number of hydrogen-bond donors (Lipinski definition) is 0. The van der Waals surface area contributed by atoms with Crippen molar-refractivity contribution in [1.82, 2.24) is 0 Å². The van der Waals surface area contributed by atoms with Crippen LogP contribution in [0.5, 0.6) is 0 Å². The Labute approximate surface area is 57.2 Å². The SMILES string of the molecule is CCOC(C(=O)[O-])C(=O)[O-]. The van der Waals surface area contributed by atoms with Crippen LogP contribution in [0.25, 0.3) is 0 Å². The lowest BCUT2D eigenvalue weighted by atomic mass is 10.4. The van der Waals surface area contributed by atoms with E-state index in [0.29, 0.717) is 0 Å². The van der Waals surface area contributed by atoms with Gasteiger partial charge in [0.15, 0.2) is 0 Å². The minimum absolute atomic E-state index is 0.00731. The van der Waals surface area contributed by atoms with Gasteiger partial charge >= 0.3 is 0 Å². The maximum absolute atomic E-state index is 9.87. The normalized spacial score (nSPS) is 9.80. The summed E-state index contributed by atoms with van der Waals surface area (Å²) in [4.78, 5) is 19.7. The van der Waals surface area contributed by atoms with Crippen LogP contribution in [0.2, 0.25) is 0 Å². The summed E-state index contributed by atoms with van der Waals surface area (Å²) in [6, 6.07) is 0. The number of ether oxygens (including phenoxy) is 1. The monoisotopic (exact) mass is 146 g/mol. The number of carbonyl (C=O) groups is 2. The first kappa shape index (κ1) is 8.90. The summed E-state index contributed by atoms with van der Waals surface area (Å²) >= 11 is 0. The van der Waals surface area contributed by atoms with E-state index in [4.69, 9.17) is 0 Å². The van der Waals surface area contributed by atoms with Crippen LogP contribution in [-0.2, 0) is 14.3 Å². The summed E-state index contributed by atoms with van der Waals surface area (Å²) < 4.78 is 4.24. The van der Waals surface area contributed by atoms with E-state index >= 15 is 0 Å². The Balaban J connectivity index is 3.98. The minimum Gasteiger partial charge on any atom is -0.547 e. The Kier molecular flexibility index (Phi) is 3.42. The molecule has 0 saturated carbocycles. The van der Waals surface area contributed by atoms with E-state index in [2.05, 4.69) is 4.74 Å². The second kappa shape index (κ2) is 3.84. The average molecular weight is 146 g/mol. The molecule has 0 N–H and O–H groups in total. The van der Waals surface area contributed by atoms with Crippen LogP contribution in [-0.4, -0.2) is 24.6 Å². The third-order valence-electron chi connectivity index (χ3n) is 0.761. The van der Waals surface area contributed by atoms with Gasteiger partial charge in [0.25, 0.3) is 0 Å². The molecule has 0 bridgehead atoms. The molecule has 0 amide bonds. The van der Waals surface area contributed by atoms with Gasteiger partial charge in [0.2, 0.25) is 0 Å². The average Bonchev–Trinajstić information content (AvgIpc) is 1.81. The summed E-state index contributed by atoms with van der Waals surface area (Å²) in [5, 5.41) is 19.7. The highest BCUT2D eigenvalue weighted by atomic mass is 16.5. The van der Waals surface area contributed by atoms with Crippen LogP contribution < -0.4 is 10.2 Å². The highest BCUT2D eigenvalue weighted by Gasteiger charge is 2.09. The maximum atomic E-state index is 9.87. The molecule has 0 aromatic heterocycles. The van der Waals surface area contributed by atoms with Crippen molar-refractivity contribution >= 4 is 11.9 Å². The summed E-state index contributed by atoms with van der Waals surface area (Å²) in [5.41, 5.74) is 0. The molecule has 0 fully saturated rings. The van der Waals surface area contributed by atoms with Crippen molar-refractivity contribution in [3.05, 3.63) is 0 Å². The smallest absolute Gasteiger partial charge is 0.136 e. The molecule has 0 unspecified atom stereocenters.